The maximum absolute atomic E-state index is 4.30. The molecule has 0 unspecified atom stereocenters. The zero-order valence-corrected chi connectivity index (χ0v) is 10.2. The van der Waals surface area contributed by atoms with Gasteiger partial charge >= 0.3 is 0 Å². The molecule has 0 saturated heterocycles. The molecule has 0 amide bonds. The van der Waals surface area contributed by atoms with Gasteiger partial charge in [-0.15, -0.1) is 0 Å². The second-order valence-electron chi connectivity index (χ2n) is 3.33. The van der Waals surface area contributed by atoms with E-state index in [1.54, 1.807) is 6.20 Å². The van der Waals surface area contributed by atoms with Crippen molar-refractivity contribution in [3.63, 3.8) is 0 Å². The van der Waals surface area contributed by atoms with E-state index in [4.69, 9.17) is 0 Å². The van der Waals surface area contributed by atoms with Crippen LogP contribution >= 0.6 is 0 Å². The van der Waals surface area contributed by atoms with Crippen LogP contribution in [-0.4, -0.2) is 4.98 Å². The lowest BCUT2D eigenvalue weighted by molar-refractivity contribution is 0.850. The number of pyridine rings is 1. The fraction of sp³-hybridized carbons (Fsp3) is 0.357. The first-order chi connectivity index (χ1) is 7.16. The molecule has 1 heterocycles. The molecule has 1 aromatic heterocycles. The molecule has 0 aliphatic rings. The Balaban J connectivity index is 0.000000921. The van der Waals surface area contributed by atoms with Gasteiger partial charge < -0.3 is 0 Å². The number of allylic oxidation sites excluding steroid dienone is 1. The molecule has 82 valence electrons. The van der Waals surface area contributed by atoms with Crippen molar-refractivity contribution in [3.05, 3.63) is 42.7 Å². The minimum atomic E-state index is 0.425. The van der Waals surface area contributed by atoms with Crippen LogP contribution in [0.4, 0.5) is 0 Å². The molecular weight excluding hydrogens is 182 g/mol. The van der Waals surface area contributed by atoms with Crippen LogP contribution in [0.5, 0.6) is 0 Å². The summed E-state index contributed by atoms with van der Waals surface area (Å²) in [5, 5.41) is 0. The van der Waals surface area contributed by atoms with Crippen molar-refractivity contribution >= 4 is 11.6 Å². The molecule has 0 N–H and O–H groups in total. The average Bonchev–Trinajstić information content (AvgIpc) is 2.30. The monoisotopic (exact) mass is 203 g/mol. The molecule has 0 saturated carbocycles. The van der Waals surface area contributed by atoms with E-state index in [2.05, 4.69) is 32.0 Å². The number of nitrogens with zero attached hydrogens (tertiary/aromatic N) is 1. The highest BCUT2D eigenvalue weighted by atomic mass is 14.7. The van der Waals surface area contributed by atoms with Crippen molar-refractivity contribution in [1.29, 1.82) is 0 Å². The Morgan fingerprint density at radius 1 is 1.40 bits per heavy atom. The summed E-state index contributed by atoms with van der Waals surface area (Å²) in [5.41, 5.74) is 3.09. The maximum atomic E-state index is 4.30. The van der Waals surface area contributed by atoms with Crippen LogP contribution in [0.1, 0.15) is 39.0 Å². The van der Waals surface area contributed by atoms with E-state index in [0.717, 1.165) is 16.8 Å². The summed E-state index contributed by atoms with van der Waals surface area (Å²) in [6, 6.07) is 3.91. The molecule has 0 spiro atoms. The summed E-state index contributed by atoms with van der Waals surface area (Å²) in [6.07, 6.45) is 3.60. The number of hydrogen-bond acceptors (Lipinski definition) is 1. The normalized spacial score (nSPS) is 9.13. The lowest BCUT2D eigenvalue weighted by Crippen LogP contribution is -1.97. The molecule has 0 aromatic carbocycles. The molecule has 0 bridgehead atoms. The molecule has 0 atom stereocenters. The molecule has 1 heteroatoms. The van der Waals surface area contributed by atoms with Crippen molar-refractivity contribution in [2.24, 2.45) is 5.92 Å². The van der Waals surface area contributed by atoms with E-state index in [0.29, 0.717) is 5.92 Å². The lowest BCUT2D eigenvalue weighted by atomic mass is 9.98. The van der Waals surface area contributed by atoms with E-state index in [-0.39, 0.29) is 0 Å². The summed E-state index contributed by atoms with van der Waals surface area (Å²) in [7, 11) is 0. The number of hydrogen-bond donors (Lipinski definition) is 0. The van der Waals surface area contributed by atoms with Crippen LogP contribution in [0.3, 0.4) is 0 Å². The Morgan fingerprint density at radius 3 is 2.47 bits per heavy atom. The van der Waals surface area contributed by atoms with Crippen LogP contribution in [0.25, 0.3) is 11.6 Å². The second kappa shape index (κ2) is 6.99. The lowest BCUT2D eigenvalue weighted by Gasteiger charge is -2.10. The van der Waals surface area contributed by atoms with Crippen LogP contribution in [0.2, 0.25) is 0 Å². The molecule has 1 aromatic rings. The van der Waals surface area contributed by atoms with Crippen molar-refractivity contribution in [1.82, 2.24) is 4.98 Å². The first kappa shape index (κ1) is 13.6. The smallest absolute Gasteiger partial charge is 0.0730 e. The van der Waals surface area contributed by atoms with Gasteiger partial charge in [-0.05, 0) is 23.1 Å². The van der Waals surface area contributed by atoms with Gasteiger partial charge in [0.1, 0.15) is 0 Å². The largest absolute Gasteiger partial charge is 0.256 e. The Bertz CT molecular complexity index is 324. The molecule has 0 aliphatic heterocycles. The highest BCUT2D eigenvalue weighted by Crippen LogP contribution is 2.22. The predicted molar refractivity (Wildman–Crippen MR) is 69.5 cm³/mol. The first-order valence-electron chi connectivity index (χ1n) is 5.43. The Morgan fingerprint density at radius 2 is 2.00 bits per heavy atom. The van der Waals surface area contributed by atoms with E-state index in [1.165, 1.54) is 0 Å². The summed E-state index contributed by atoms with van der Waals surface area (Å²) in [4.78, 5) is 4.30. The quantitative estimate of drug-likeness (QED) is 0.708. The first-order valence-corrected chi connectivity index (χ1v) is 5.43. The van der Waals surface area contributed by atoms with Crippen LogP contribution < -0.4 is 0 Å². The van der Waals surface area contributed by atoms with Gasteiger partial charge in [0.05, 0.1) is 5.69 Å². The Labute approximate surface area is 93.6 Å². The molecular formula is C14H21N. The highest BCUT2D eigenvalue weighted by molar-refractivity contribution is 5.70. The fourth-order valence-corrected chi connectivity index (χ4v) is 1.12. The highest BCUT2D eigenvalue weighted by Gasteiger charge is 2.07. The molecule has 0 radical (unpaired) electrons. The van der Waals surface area contributed by atoms with E-state index < -0.39 is 0 Å². The predicted octanol–water partition coefficient (Wildman–Crippen LogP) is 4.42. The third-order valence-electron chi connectivity index (χ3n) is 2.06. The third-order valence-corrected chi connectivity index (χ3v) is 2.06. The topological polar surface area (TPSA) is 12.9 Å². The molecule has 15 heavy (non-hydrogen) atoms. The maximum Gasteiger partial charge on any atom is 0.0730 e. The fourth-order valence-electron chi connectivity index (χ4n) is 1.12. The second-order valence-corrected chi connectivity index (χ2v) is 3.33. The zero-order valence-electron chi connectivity index (χ0n) is 10.2. The van der Waals surface area contributed by atoms with E-state index >= 15 is 0 Å². The molecule has 0 fully saturated rings. The van der Waals surface area contributed by atoms with Crippen molar-refractivity contribution in [3.8, 4) is 0 Å². The number of aromatic nitrogens is 1. The van der Waals surface area contributed by atoms with Gasteiger partial charge in [0.25, 0.3) is 0 Å². The Kier molecular flexibility index (Phi) is 6.35. The summed E-state index contributed by atoms with van der Waals surface area (Å²) < 4.78 is 0. The van der Waals surface area contributed by atoms with Gasteiger partial charge in [-0.1, -0.05) is 53.0 Å². The van der Waals surface area contributed by atoms with Gasteiger partial charge in [0.2, 0.25) is 0 Å². The van der Waals surface area contributed by atoms with Crippen molar-refractivity contribution < 1.29 is 0 Å². The average molecular weight is 203 g/mol. The van der Waals surface area contributed by atoms with Gasteiger partial charge in [-0.2, -0.15) is 0 Å². The summed E-state index contributed by atoms with van der Waals surface area (Å²) in [6.45, 7) is 16.0. The zero-order chi connectivity index (χ0) is 11.8. The van der Waals surface area contributed by atoms with Crippen LogP contribution in [0.15, 0.2) is 31.5 Å². The van der Waals surface area contributed by atoms with Crippen molar-refractivity contribution in [2.45, 2.75) is 27.7 Å². The van der Waals surface area contributed by atoms with Crippen LogP contribution in [-0.2, 0) is 0 Å². The van der Waals surface area contributed by atoms with E-state index in [1.807, 2.05) is 32.1 Å². The molecule has 1 nitrogen and oxygen atoms in total. The Hall–Kier alpha value is -1.37. The van der Waals surface area contributed by atoms with Gasteiger partial charge in [-0.25, -0.2) is 0 Å². The minimum absolute atomic E-state index is 0.425. The van der Waals surface area contributed by atoms with Gasteiger partial charge in [-0.3, -0.25) is 4.98 Å². The summed E-state index contributed by atoms with van der Waals surface area (Å²) >= 11 is 0. The van der Waals surface area contributed by atoms with Crippen LogP contribution in [0, 0.1) is 5.92 Å². The molecule has 1 rings (SSSR count). The minimum Gasteiger partial charge on any atom is -0.256 e. The third kappa shape index (κ3) is 3.70. The standard InChI is InChI=1S/C12H15N.C2H6/c1-5-11-7-6-8-13-12(11)10(4)9(2)3;1-2/h5-9H,1,4H2,2-3H3;1-2H3. The molecule has 0 aliphatic carbocycles. The SMILES string of the molecule is C=Cc1cccnc1C(=C)C(C)C.CC. The number of rotatable bonds is 3. The van der Waals surface area contributed by atoms with Crippen molar-refractivity contribution in [2.75, 3.05) is 0 Å². The summed E-state index contributed by atoms with van der Waals surface area (Å²) in [5.74, 6) is 0.425. The van der Waals surface area contributed by atoms with Gasteiger partial charge in [0.15, 0.2) is 0 Å². The van der Waals surface area contributed by atoms with Gasteiger partial charge in [0, 0.05) is 6.20 Å². The van der Waals surface area contributed by atoms with E-state index in [9.17, 15) is 0 Å².